The van der Waals surface area contributed by atoms with Crippen molar-refractivity contribution >= 4 is 33.5 Å². The number of methoxy groups -OCH3 is 1. The van der Waals surface area contributed by atoms with Gasteiger partial charge in [0, 0.05) is 11.6 Å². The smallest absolute Gasteiger partial charge is 0.208 e. The van der Waals surface area contributed by atoms with Crippen LogP contribution in [0.5, 0.6) is 17.2 Å². The minimum Gasteiger partial charge on any atom is -0.505 e. The molecule has 2 atom stereocenters. The highest BCUT2D eigenvalue weighted by Gasteiger charge is 2.43. The van der Waals surface area contributed by atoms with Crippen LogP contribution >= 0.6 is 11.6 Å². The summed E-state index contributed by atoms with van der Waals surface area (Å²) in [5.74, 6) is 0.716. The van der Waals surface area contributed by atoms with Gasteiger partial charge in [0.2, 0.25) is 11.7 Å². The number of hydrogen-bond acceptors (Lipinski definition) is 6. The average Bonchev–Trinajstić information content (AvgIpc) is 3.17. The van der Waals surface area contributed by atoms with E-state index >= 15 is 0 Å². The summed E-state index contributed by atoms with van der Waals surface area (Å²) in [6.45, 7) is 0.596. The summed E-state index contributed by atoms with van der Waals surface area (Å²) in [7, 11) is 1.50. The molecule has 0 saturated carbocycles. The number of rotatable bonds is 1. The highest BCUT2D eigenvalue weighted by Crippen LogP contribution is 2.51. The fraction of sp³-hybridized carbons (Fsp3) is 0.278. The van der Waals surface area contributed by atoms with Gasteiger partial charge in [-0.1, -0.05) is 11.6 Å². The molecule has 0 amide bonds. The molecule has 7 heteroatoms. The molecule has 0 spiro atoms. The largest absolute Gasteiger partial charge is 0.505 e. The molecule has 0 radical (unpaired) electrons. The summed E-state index contributed by atoms with van der Waals surface area (Å²) >= 11 is 5.95. The summed E-state index contributed by atoms with van der Waals surface area (Å²) in [4.78, 5) is 13.1. The number of halogens is 1. The van der Waals surface area contributed by atoms with E-state index in [0.717, 1.165) is 12.0 Å². The van der Waals surface area contributed by atoms with Gasteiger partial charge in [-0.25, -0.2) is 0 Å². The summed E-state index contributed by atoms with van der Waals surface area (Å²) in [5.41, 5.74) is 0.995. The maximum Gasteiger partial charge on any atom is 0.208 e. The van der Waals surface area contributed by atoms with Crippen LogP contribution in [0.1, 0.15) is 17.9 Å². The van der Waals surface area contributed by atoms with Crippen molar-refractivity contribution in [2.45, 2.75) is 18.6 Å². The predicted octanol–water partition coefficient (Wildman–Crippen LogP) is 3.54. The topological polar surface area (TPSA) is 78.1 Å². The molecule has 2 unspecified atom stereocenters. The third-order valence-corrected chi connectivity index (χ3v) is 5.17. The Morgan fingerprint density at radius 1 is 1.28 bits per heavy atom. The van der Waals surface area contributed by atoms with Crippen LogP contribution in [0.2, 0.25) is 5.02 Å². The zero-order valence-electron chi connectivity index (χ0n) is 13.2. The second-order valence-electron chi connectivity index (χ2n) is 6.15. The molecule has 25 heavy (non-hydrogen) atoms. The SMILES string of the molecule is COc1c2c(cc3oc4ccc(Cl)c(O)c4c(=O)c13)OC1OCCC21. The van der Waals surface area contributed by atoms with Crippen molar-refractivity contribution in [3.8, 4) is 17.2 Å². The van der Waals surface area contributed by atoms with Crippen LogP contribution in [0.15, 0.2) is 27.4 Å². The molecule has 2 aliphatic rings. The molecule has 3 aromatic rings. The zero-order chi connectivity index (χ0) is 17.3. The molecule has 0 bridgehead atoms. The number of phenols is 1. The van der Waals surface area contributed by atoms with Gasteiger partial charge in [0.25, 0.3) is 0 Å². The van der Waals surface area contributed by atoms with Crippen LogP contribution < -0.4 is 14.9 Å². The van der Waals surface area contributed by atoms with Gasteiger partial charge >= 0.3 is 0 Å². The van der Waals surface area contributed by atoms with Gasteiger partial charge in [0.15, 0.2) is 0 Å². The molecule has 3 heterocycles. The zero-order valence-corrected chi connectivity index (χ0v) is 13.9. The van der Waals surface area contributed by atoms with E-state index in [4.69, 9.17) is 30.2 Å². The highest BCUT2D eigenvalue weighted by atomic mass is 35.5. The Balaban J connectivity index is 1.94. The Labute approximate surface area is 146 Å². The van der Waals surface area contributed by atoms with Gasteiger partial charge in [-0.3, -0.25) is 4.79 Å². The van der Waals surface area contributed by atoms with Crippen molar-refractivity contribution in [2.24, 2.45) is 0 Å². The number of aromatic hydroxyl groups is 1. The van der Waals surface area contributed by atoms with Crippen LogP contribution in [0.3, 0.4) is 0 Å². The molecular formula is C18H13ClO6. The Morgan fingerprint density at radius 2 is 2.12 bits per heavy atom. The summed E-state index contributed by atoms with van der Waals surface area (Å²) in [6, 6.07) is 4.71. The van der Waals surface area contributed by atoms with Crippen molar-refractivity contribution < 1.29 is 23.7 Å². The predicted molar refractivity (Wildman–Crippen MR) is 90.9 cm³/mol. The second-order valence-corrected chi connectivity index (χ2v) is 6.55. The Hall–Kier alpha value is -2.44. The van der Waals surface area contributed by atoms with E-state index in [-0.39, 0.29) is 39.3 Å². The van der Waals surface area contributed by atoms with Crippen molar-refractivity contribution in [3.63, 3.8) is 0 Å². The number of hydrogen-bond donors (Lipinski definition) is 1. The van der Waals surface area contributed by atoms with E-state index < -0.39 is 5.43 Å². The van der Waals surface area contributed by atoms with Gasteiger partial charge in [-0.2, -0.15) is 0 Å². The molecule has 1 aromatic heterocycles. The molecule has 5 rings (SSSR count). The van der Waals surface area contributed by atoms with Gasteiger partial charge in [-0.05, 0) is 18.6 Å². The van der Waals surface area contributed by atoms with Crippen molar-refractivity contribution in [2.75, 3.05) is 13.7 Å². The second kappa shape index (κ2) is 5.03. The molecule has 2 aromatic carbocycles. The van der Waals surface area contributed by atoms with E-state index in [2.05, 4.69) is 0 Å². The Kier molecular flexibility index (Phi) is 2.99. The van der Waals surface area contributed by atoms with Crippen LogP contribution in [-0.2, 0) is 4.74 Å². The van der Waals surface area contributed by atoms with Gasteiger partial charge in [0.1, 0.15) is 39.2 Å². The number of phenolic OH excluding ortho intramolecular Hbond substituents is 1. The van der Waals surface area contributed by atoms with E-state index in [1.165, 1.54) is 13.2 Å². The molecular weight excluding hydrogens is 348 g/mol. The lowest BCUT2D eigenvalue weighted by Gasteiger charge is -2.13. The fourth-order valence-electron chi connectivity index (χ4n) is 3.76. The van der Waals surface area contributed by atoms with Crippen LogP contribution in [0, 0.1) is 0 Å². The van der Waals surface area contributed by atoms with Crippen molar-refractivity contribution in [1.82, 2.24) is 0 Å². The number of benzene rings is 2. The highest BCUT2D eigenvalue weighted by molar-refractivity contribution is 6.33. The molecule has 1 saturated heterocycles. The van der Waals surface area contributed by atoms with E-state index in [1.807, 2.05) is 0 Å². The third kappa shape index (κ3) is 1.86. The molecule has 6 nitrogen and oxygen atoms in total. The van der Waals surface area contributed by atoms with Gasteiger partial charge < -0.3 is 23.7 Å². The lowest BCUT2D eigenvalue weighted by atomic mass is 9.95. The monoisotopic (exact) mass is 360 g/mol. The van der Waals surface area contributed by atoms with E-state index in [9.17, 15) is 9.90 Å². The molecule has 0 aliphatic carbocycles. The average molecular weight is 361 g/mol. The first kappa shape index (κ1) is 14.9. The van der Waals surface area contributed by atoms with E-state index in [1.54, 1.807) is 12.1 Å². The number of fused-ring (bicyclic) bond motifs is 5. The van der Waals surface area contributed by atoms with Crippen LogP contribution in [0.4, 0.5) is 0 Å². The van der Waals surface area contributed by atoms with E-state index in [0.29, 0.717) is 23.7 Å². The Morgan fingerprint density at radius 3 is 2.92 bits per heavy atom. The summed E-state index contributed by atoms with van der Waals surface area (Å²) in [6.07, 6.45) is 0.420. The minimum atomic E-state index is -0.390. The van der Waals surface area contributed by atoms with Crippen LogP contribution in [0.25, 0.3) is 21.9 Å². The minimum absolute atomic E-state index is 0.0115. The molecule has 2 aliphatic heterocycles. The normalized spacial score (nSPS) is 21.4. The lowest BCUT2D eigenvalue weighted by Crippen LogP contribution is -2.14. The van der Waals surface area contributed by atoms with Crippen LogP contribution in [-0.4, -0.2) is 25.1 Å². The molecule has 1 N–H and O–H groups in total. The lowest BCUT2D eigenvalue weighted by molar-refractivity contribution is -0.0337. The van der Waals surface area contributed by atoms with Crippen molar-refractivity contribution in [1.29, 1.82) is 0 Å². The fourth-order valence-corrected chi connectivity index (χ4v) is 3.92. The quantitative estimate of drug-likeness (QED) is 0.669. The maximum absolute atomic E-state index is 13.1. The Bertz CT molecular complexity index is 1100. The molecule has 1 fully saturated rings. The first-order chi connectivity index (χ1) is 12.1. The first-order valence-corrected chi connectivity index (χ1v) is 8.25. The third-order valence-electron chi connectivity index (χ3n) is 4.87. The first-order valence-electron chi connectivity index (χ1n) is 7.87. The standard InChI is InChI=1S/C18H13ClO6/c1-22-17-12-7-4-5-23-18(7)25-10(12)6-11-14(17)16(21)13-9(24-11)3-2-8(19)15(13)20/h2-3,6-7,18,20H,4-5H2,1H3. The van der Waals surface area contributed by atoms with Gasteiger partial charge in [-0.15, -0.1) is 0 Å². The van der Waals surface area contributed by atoms with Gasteiger partial charge in [0.05, 0.1) is 24.7 Å². The maximum atomic E-state index is 13.1. The summed E-state index contributed by atoms with van der Waals surface area (Å²) in [5, 5.41) is 10.6. The summed E-state index contributed by atoms with van der Waals surface area (Å²) < 4.78 is 22.8. The van der Waals surface area contributed by atoms with Crippen molar-refractivity contribution in [3.05, 3.63) is 39.0 Å². The number of ether oxygens (including phenoxy) is 3. The molecule has 128 valence electrons.